The van der Waals surface area contributed by atoms with Crippen LogP contribution in [0.25, 0.3) is 0 Å². The van der Waals surface area contributed by atoms with Crippen LogP contribution in [0.4, 0.5) is 0 Å². The second kappa shape index (κ2) is 12.7. The number of nitrogens with one attached hydrogen (secondary N) is 1. The Kier molecular flexibility index (Phi) is 9.12. The number of carbonyl (C=O) groups excluding carboxylic acids is 1. The van der Waals surface area contributed by atoms with Crippen molar-refractivity contribution in [3.05, 3.63) is 77.4 Å². The second-order valence-corrected chi connectivity index (χ2v) is 12.5. The number of amides is 1. The second-order valence-electron chi connectivity index (χ2n) is 12.5. The Morgan fingerprint density at radius 2 is 1.90 bits per heavy atom. The summed E-state index contributed by atoms with van der Waals surface area (Å²) in [6.07, 6.45) is 16.5. The molecule has 0 spiro atoms. The van der Waals surface area contributed by atoms with Crippen molar-refractivity contribution >= 4 is 5.91 Å². The molecule has 4 heteroatoms. The van der Waals surface area contributed by atoms with E-state index in [1.165, 1.54) is 36.0 Å². The molecule has 0 unspecified atom stereocenters. The molecule has 0 heterocycles. The van der Waals surface area contributed by atoms with Gasteiger partial charge in [-0.25, -0.2) is 0 Å². The zero-order valence-corrected chi connectivity index (χ0v) is 23.9. The topological polar surface area (TPSA) is 58.6 Å². The number of hydrogen-bond acceptors (Lipinski definition) is 3. The SMILES string of the molecule is CNC(=O)CCCCCCC=C[C@H]1Cc2cc(OCc3ccccc3)ccc2[C@H]2CC[C@]3(C)[C@@H](O)CC[C@H]3[C@@H]21. The summed E-state index contributed by atoms with van der Waals surface area (Å²) in [5.74, 6) is 3.38. The minimum atomic E-state index is -0.155. The van der Waals surface area contributed by atoms with E-state index in [0.29, 0.717) is 36.7 Å². The Bertz CT molecular complexity index is 1130. The van der Waals surface area contributed by atoms with Crippen molar-refractivity contribution in [3.63, 3.8) is 0 Å². The molecule has 0 saturated heterocycles. The smallest absolute Gasteiger partial charge is 0.219 e. The van der Waals surface area contributed by atoms with Crippen LogP contribution in [0, 0.1) is 23.2 Å². The highest BCUT2D eigenvalue weighted by atomic mass is 16.5. The summed E-state index contributed by atoms with van der Waals surface area (Å²) in [6.45, 7) is 2.96. The van der Waals surface area contributed by atoms with Gasteiger partial charge in [0.2, 0.25) is 5.91 Å². The lowest BCUT2D eigenvalue weighted by molar-refractivity contribution is -0.120. The lowest BCUT2D eigenvalue weighted by Gasteiger charge is -2.52. The van der Waals surface area contributed by atoms with E-state index >= 15 is 0 Å². The predicted molar refractivity (Wildman–Crippen MR) is 158 cm³/mol. The van der Waals surface area contributed by atoms with Gasteiger partial charge in [0.25, 0.3) is 0 Å². The number of hydrogen-bond donors (Lipinski definition) is 2. The van der Waals surface area contributed by atoms with Gasteiger partial charge in [-0.2, -0.15) is 0 Å². The van der Waals surface area contributed by atoms with Crippen molar-refractivity contribution in [1.82, 2.24) is 5.32 Å². The van der Waals surface area contributed by atoms with Crippen molar-refractivity contribution < 1.29 is 14.6 Å². The molecular formula is C35H47NO3. The van der Waals surface area contributed by atoms with E-state index in [0.717, 1.165) is 50.7 Å². The van der Waals surface area contributed by atoms with Gasteiger partial charge in [-0.15, -0.1) is 0 Å². The fraction of sp³-hybridized carbons (Fsp3) is 0.571. The maximum absolute atomic E-state index is 11.4. The number of fused-ring (bicyclic) bond motifs is 5. The summed E-state index contributed by atoms with van der Waals surface area (Å²) in [6, 6.07) is 17.2. The fourth-order valence-corrected chi connectivity index (χ4v) is 7.96. The molecule has 3 aliphatic rings. The van der Waals surface area contributed by atoms with Crippen LogP contribution in [0.1, 0.15) is 93.7 Å². The predicted octanol–water partition coefficient (Wildman–Crippen LogP) is 7.35. The molecule has 0 aliphatic heterocycles. The van der Waals surface area contributed by atoms with Gasteiger partial charge in [-0.1, -0.05) is 68.3 Å². The third-order valence-electron chi connectivity index (χ3n) is 10.2. The number of carbonyl (C=O) groups is 1. The number of ether oxygens (including phenoxy) is 1. The highest BCUT2D eigenvalue weighted by molar-refractivity contribution is 5.75. The lowest BCUT2D eigenvalue weighted by Crippen LogP contribution is -2.46. The molecule has 2 aromatic carbocycles. The molecule has 5 rings (SSSR count). The minimum absolute atomic E-state index is 0.0638. The summed E-state index contributed by atoms with van der Waals surface area (Å²) >= 11 is 0. The average molecular weight is 530 g/mol. The van der Waals surface area contributed by atoms with E-state index in [1.807, 2.05) is 6.07 Å². The summed E-state index contributed by atoms with van der Waals surface area (Å²) in [5, 5.41) is 13.7. The van der Waals surface area contributed by atoms with Crippen molar-refractivity contribution in [1.29, 1.82) is 0 Å². The molecule has 2 aromatic rings. The molecule has 0 bridgehead atoms. The van der Waals surface area contributed by atoms with E-state index in [2.05, 4.69) is 66.9 Å². The summed E-state index contributed by atoms with van der Waals surface area (Å²) in [4.78, 5) is 11.4. The number of unbranched alkanes of at least 4 members (excludes halogenated alkanes) is 4. The van der Waals surface area contributed by atoms with Crippen LogP contribution in [0.15, 0.2) is 60.7 Å². The van der Waals surface area contributed by atoms with Crippen molar-refractivity contribution in [2.24, 2.45) is 23.2 Å². The number of aliphatic hydroxyl groups is 1. The zero-order chi connectivity index (χ0) is 27.2. The average Bonchev–Trinajstić information content (AvgIpc) is 3.27. The van der Waals surface area contributed by atoms with Gasteiger partial charge in [0.1, 0.15) is 12.4 Å². The molecule has 6 atom stereocenters. The maximum atomic E-state index is 11.4. The van der Waals surface area contributed by atoms with Gasteiger partial charge < -0.3 is 15.2 Å². The van der Waals surface area contributed by atoms with Crippen LogP contribution < -0.4 is 10.1 Å². The molecule has 2 saturated carbocycles. The van der Waals surface area contributed by atoms with Crippen LogP contribution in [0.5, 0.6) is 5.75 Å². The Labute approximate surface area is 235 Å². The van der Waals surface area contributed by atoms with Gasteiger partial charge in [0.05, 0.1) is 6.10 Å². The minimum Gasteiger partial charge on any atom is -0.489 e. The van der Waals surface area contributed by atoms with E-state index in [9.17, 15) is 9.90 Å². The first-order valence-corrected chi connectivity index (χ1v) is 15.3. The lowest BCUT2D eigenvalue weighted by atomic mass is 9.52. The summed E-state index contributed by atoms with van der Waals surface area (Å²) in [7, 11) is 1.71. The zero-order valence-electron chi connectivity index (χ0n) is 23.9. The Balaban J connectivity index is 1.28. The van der Waals surface area contributed by atoms with Gasteiger partial charge in [-0.3, -0.25) is 4.79 Å². The van der Waals surface area contributed by atoms with Gasteiger partial charge in [-0.05, 0) is 109 Å². The monoisotopic (exact) mass is 529 g/mol. The van der Waals surface area contributed by atoms with Gasteiger partial charge in [0, 0.05) is 13.5 Å². The van der Waals surface area contributed by atoms with Crippen LogP contribution in [-0.4, -0.2) is 24.2 Å². The van der Waals surface area contributed by atoms with Gasteiger partial charge in [0.15, 0.2) is 0 Å². The molecule has 4 nitrogen and oxygen atoms in total. The summed E-state index contributed by atoms with van der Waals surface area (Å²) in [5.41, 5.74) is 4.23. The van der Waals surface area contributed by atoms with Crippen LogP contribution >= 0.6 is 0 Å². The van der Waals surface area contributed by atoms with Crippen molar-refractivity contribution in [2.45, 2.75) is 96.2 Å². The molecule has 2 N–H and O–H groups in total. The molecule has 39 heavy (non-hydrogen) atoms. The van der Waals surface area contributed by atoms with E-state index in [1.54, 1.807) is 7.05 Å². The summed E-state index contributed by atoms with van der Waals surface area (Å²) < 4.78 is 6.22. The standard InChI is InChI=1S/C35H47NO3/c1-35-21-20-30-29-17-16-28(39-24-25-12-8-7-9-13-25)23-27(29)22-26(34(30)31(35)18-19-32(35)37)14-10-5-3-4-6-11-15-33(38)36-2/h7-10,12-14,16-17,23,26,30-32,34,37H,3-6,11,15,18-22,24H2,1-2H3,(H,36,38)/t26-,30+,31-,32-,34+,35-/m0/s1. The maximum Gasteiger partial charge on any atom is 0.219 e. The molecule has 2 fully saturated rings. The Morgan fingerprint density at radius 1 is 1.08 bits per heavy atom. The highest BCUT2D eigenvalue weighted by Gasteiger charge is 2.56. The number of benzene rings is 2. The van der Waals surface area contributed by atoms with E-state index in [4.69, 9.17) is 4.74 Å². The fourth-order valence-electron chi connectivity index (χ4n) is 7.96. The first kappa shape index (κ1) is 28.0. The van der Waals surface area contributed by atoms with Gasteiger partial charge >= 0.3 is 0 Å². The number of allylic oxidation sites excluding steroid dienone is 2. The van der Waals surface area contributed by atoms with E-state index in [-0.39, 0.29) is 17.4 Å². The van der Waals surface area contributed by atoms with Crippen LogP contribution in [-0.2, 0) is 17.8 Å². The van der Waals surface area contributed by atoms with E-state index < -0.39 is 0 Å². The number of rotatable bonds is 11. The largest absolute Gasteiger partial charge is 0.489 e. The molecule has 0 radical (unpaired) electrons. The van der Waals surface area contributed by atoms with Crippen LogP contribution in [0.2, 0.25) is 0 Å². The third-order valence-corrected chi connectivity index (χ3v) is 10.2. The van der Waals surface area contributed by atoms with Crippen molar-refractivity contribution in [2.75, 3.05) is 7.05 Å². The quantitative estimate of drug-likeness (QED) is 0.236. The third kappa shape index (κ3) is 6.27. The molecule has 210 valence electrons. The van der Waals surface area contributed by atoms with Crippen LogP contribution in [0.3, 0.4) is 0 Å². The first-order valence-electron chi connectivity index (χ1n) is 15.3. The molecular weight excluding hydrogens is 482 g/mol. The molecule has 3 aliphatic carbocycles. The molecule has 0 aromatic heterocycles. The Morgan fingerprint density at radius 3 is 2.72 bits per heavy atom. The number of aliphatic hydroxyl groups excluding tert-OH is 1. The first-order chi connectivity index (χ1) is 19.0. The van der Waals surface area contributed by atoms with Crippen molar-refractivity contribution in [3.8, 4) is 5.75 Å². The normalized spacial score (nSPS) is 29.5. The highest BCUT2D eigenvalue weighted by Crippen LogP contribution is 2.62. The Hall–Kier alpha value is -2.59. The molecule has 1 amide bonds.